The van der Waals surface area contributed by atoms with Crippen molar-refractivity contribution in [2.24, 2.45) is 5.92 Å². The monoisotopic (exact) mass is 290 g/mol. The third-order valence-corrected chi connectivity index (χ3v) is 3.84. The Hall–Kier alpha value is -1.88. The number of esters is 1. The van der Waals surface area contributed by atoms with Crippen LogP contribution in [-0.4, -0.2) is 44.0 Å². The van der Waals surface area contributed by atoms with Gasteiger partial charge in [-0.25, -0.2) is 0 Å². The fraction of sp³-hybridized carbons (Fsp3) is 0.500. The number of benzene rings is 1. The Morgan fingerprint density at radius 3 is 2.86 bits per heavy atom. The van der Waals surface area contributed by atoms with Crippen LogP contribution in [0.15, 0.2) is 18.2 Å². The number of methoxy groups -OCH3 is 1. The molecule has 1 atom stereocenters. The molecule has 1 N–H and O–H groups in total. The van der Waals surface area contributed by atoms with Gasteiger partial charge in [0.2, 0.25) is 0 Å². The third-order valence-electron chi connectivity index (χ3n) is 3.84. The van der Waals surface area contributed by atoms with E-state index in [0.717, 1.165) is 19.5 Å². The highest BCUT2D eigenvalue weighted by atomic mass is 16.5. The van der Waals surface area contributed by atoms with Crippen molar-refractivity contribution in [1.29, 1.82) is 0 Å². The van der Waals surface area contributed by atoms with E-state index < -0.39 is 0 Å². The number of ether oxygens (including phenoxy) is 1. The van der Waals surface area contributed by atoms with Crippen LogP contribution in [0.2, 0.25) is 0 Å². The summed E-state index contributed by atoms with van der Waals surface area (Å²) in [6.45, 7) is 3.89. The predicted molar refractivity (Wildman–Crippen MR) is 80.0 cm³/mol. The van der Waals surface area contributed by atoms with Crippen LogP contribution in [0.5, 0.6) is 0 Å². The van der Waals surface area contributed by atoms with Gasteiger partial charge < -0.3 is 15.0 Å². The van der Waals surface area contributed by atoms with Crippen molar-refractivity contribution >= 4 is 11.9 Å². The van der Waals surface area contributed by atoms with Crippen LogP contribution in [0, 0.1) is 5.92 Å². The minimum atomic E-state index is -0.330. The summed E-state index contributed by atoms with van der Waals surface area (Å²) < 4.78 is 4.69. The maximum atomic E-state index is 12.4. The molecule has 0 saturated carbocycles. The highest BCUT2D eigenvalue weighted by molar-refractivity contribution is 5.94. The van der Waals surface area contributed by atoms with Crippen LogP contribution in [-0.2, 0) is 22.5 Å². The SMILES string of the molecule is COC(=O)C(C)CN(C)C(=O)c1ccc2c(c1)CNCC2. The fourth-order valence-electron chi connectivity index (χ4n) is 2.60. The van der Waals surface area contributed by atoms with Gasteiger partial charge >= 0.3 is 5.97 Å². The van der Waals surface area contributed by atoms with Gasteiger partial charge in [0.1, 0.15) is 0 Å². The summed E-state index contributed by atoms with van der Waals surface area (Å²) in [4.78, 5) is 25.4. The molecule has 5 heteroatoms. The summed E-state index contributed by atoms with van der Waals surface area (Å²) in [7, 11) is 3.07. The van der Waals surface area contributed by atoms with Crippen molar-refractivity contribution in [2.75, 3.05) is 27.2 Å². The van der Waals surface area contributed by atoms with E-state index in [-0.39, 0.29) is 17.8 Å². The van der Waals surface area contributed by atoms with Crippen molar-refractivity contribution in [3.05, 3.63) is 34.9 Å². The second kappa shape index (κ2) is 6.72. The fourth-order valence-corrected chi connectivity index (χ4v) is 2.60. The van der Waals surface area contributed by atoms with Gasteiger partial charge in [0.15, 0.2) is 0 Å². The lowest BCUT2D eigenvalue weighted by atomic mass is 9.98. The van der Waals surface area contributed by atoms with Crippen LogP contribution in [0.25, 0.3) is 0 Å². The first-order valence-electron chi connectivity index (χ1n) is 7.18. The molecule has 0 bridgehead atoms. The van der Waals surface area contributed by atoms with Crippen molar-refractivity contribution in [3.63, 3.8) is 0 Å². The third kappa shape index (κ3) is 3.61. The molecule has 1 aliphatic heterocycles. The van der Waals surface area contributed by atoms with Crippen LogP contribution in [0.3, 0.4) is 0 Å². The summed E-state index contributed by atoms with van der Waals surface area (Å²) in [5, 5.41) is 3.30. The first-order valence-corrected chi connectivity index (χ1v) is 7.18. The Morgan fingerprint density at radius 1 is 1.38 bits per heavy atom. The van der Waals surface area contributed by atoms with E-state index in [0.29, 0.717) is 12.1 Å². The molecule has 1 aromatic rings. The van der Waals surface area contributed by atoms with Gasteiger partial charge in [0.25, 0.3) is 5.91 Å². The van der Waals surface area contributed by atoms with E-state index in [1.807, 2.05) is 18.2 Å². The zero-order chi connectivity index (χ0) is 15.4. The lowest BCUT2D eigenvalue weighted by molar-refractivity contribution is -0.145. The molecule has 0 fully saturated rings. The molecule has 1 unspecified atom stereocenters. The smallest absolute Gasteiger partial charge is 0.310 e. The van der Waals surface area contributed by atoms with Crippen LogP contribution >= 0.6 is 0 Å². The van der Waals surface area contributed by atoms with Crippen LogP contribution in [0.4, 0.5) is 0 Å². The van der Waals surface area contributed by atoms with E-state index in [4.69, 9.17) is 0 Å². The molecule has 0 radical (unpaired) electrons. The summed E-state index contributed by atoms with van der Waals surface area (Å²) in [6, 6.07) is 5.84. The maximum absolute atomic E-state index is 12.4. The molecule has 1 heterocycles. The number of carbonyl (C=O) groups excluding carboxylic acids is 2. The zero-order valence-corrected chi connectivity index (χ0v) is 12.8. The molecule has 114 valence electrons. The van der Waals surface area contributed by atoms with Gasteiger partial charge in [-0.1, -0.05) is 13.0 Å². The molecular formula is C16H22N2O3. The van der Waals surface area contributed by atoms with E-state index in [2.05, 4.69) is 10.1 Å². The molecule has 2 rings (SSSR count). The summed E-state index contributed by atoms with van der Waals surface area (Å²) >= 11 is 0. The minimum absolute atomic E-state index is 0.0703. The maximum Gasteiger partial charge on any atom is 0.310 e. The lowest BCUT2D eigenvalue weighted by Crippen LogP contribution is -2.34. The van der Waals surface area contributed by atoms with Crippen molar-refractivity contribution < 1.29 is 14.3 Å². The van der Waals surface area contributed by atoms with E-state index in [1.54, 1.807) is 18.9 Å². The highest BCUT2D eigenvalue weighted by Gasteiger charge is 2.20. The number of fused-ring (bicyclic) bond motifs is 1. The average Bonchev–Trinajstić information content (AvgIpc) is 2.52. The number of nitrogens with one attached hydrogen (secondary N) is 1. The molecule has 1 amide bonds. The van der Waals surface area contributed by atoms with E-state index >= 15 is 0 Å². The second-order valence-corrected chi connectivity index (χ2v) is 5.52. The number of hydrogen-bond donors (Lipinski definition) is 1. The molecule has 21 heavy (non-hydrogen) atoms. The number of hydrogen-bond acceptors (Lipinski definition) is 4. The molecule has 1 aromatic carbocycles. The molecule has 0 aromatic heterocycles. The van der Waals surface area contributed by atoms with Crippen molar-refractivity contribution in [1.82, 2.24) is 10.2 Å². The molecule has 1 aliphatic rings. The molecule has 5 nitrogen and oxygen atoms in total. The first-order chi connectivity index (χ1) is 10.0. The molecule has 0 aliphatic carbocycles. The molecule has 0 saturated heterocycles. The standard InChI is InChI=1S/C16H22N2O3/c1-11(16(20)21-3)10-18(2)15(19)13-5-4-12-6-7-17-9-14(12)8-13/h4-5,8,11,17H,6-7,9-10H2,1-3H3. The van der Waals surface area contributed by atoms with Gasteiger partial charge in [-0.05, 0) is 36.2 Å². The Bertz CT molecular complexity index is 542. The minimum Gasteiger partial charge on any atom is -0.469 e. The number of amides is 1. The quantitative estimate of drug-likeness (QED) is 0.847. The Balaban J connectivity index is 2.07. The van der Waals surface area contributed by atoms with Crippen molar-refractivity contribution in [3.8, 4) is 0 Å². The Labute approximate surface area is 125 Å². The summed E-state index contributed by atoms with van der Waals surface area (Å²) in [6.07, 6.45) is 0.999. The van der Waals surface area contributed by atoms with E-state index in [9.17, 15) is 9.59 Å². The normalized spacial score (nSPS) is 15.0. The molecule has 0 spiro atoms. The van der Waals surface area contributed by atoms with Gasteiger partial charge in [-0.2, -0.15) is 0 Å². The molecular weight excluding hydrogens is 268 g/mol. The second-order valence-electron chi connectivity index (χ2n) is 5.52. The number of rotatable bonds is 4. The largest absolute Gasteiger partial charge is 0.469 e. The number of nitrogens with zero attached hydrogens (tertiary/aromatic N) is 1. The topological polar surface area (TPSA) is 58.6 Å². The van der Waals surface area contributed by atoms with Crippen LogP contribution in [0.1, 0.15) is 28.4 Å². The van der Waals surface area contributed by atoms with Crippen LogP contribution < -0.4 is 5.32 Å². The first kappa shape index (κ1) is 15.5. The zero-order valence-electron chi connectivity index (χ0n) is 12.8. The van der Waals surface area contributed by atoms with Crippen molar-refractivity contribution in [2.45, 2.75) is 19.9 Å². The Kier molecular flexibility index (Phi) is 4.96. The van der Waals surface area contributed by atoms with Gasteiger partial charge in [-0.3, -0.25) is 9.59 Å². The van der Waals surface area contributed by atoms with Gasteiger partial charge in [0, 0.05) is 25.7 Å². The predicted octanol–water partition coefficient (Wildman–Crippen LogP) is 1.21. The number of carbonyl (C=O) groups is 2. The van der Waals surface area contributed by atoms with E-state index in [1.165, 1.54) is 18.2 Å². The summed E-state index contributed by atoms with van der Waals surface area (Å²) in [5.41, 5.74) is 3.15. The van der Waals surface area contributed by atoms with Gasteiger partial charge in [-0.15, -0.1) is 0 Å². The lowest BCUT2D eigenvalue weighted by Gasteiger charge is -2.22. The average molecular weight is 290 g/mol. The van der Waals surface area contributed by atoms with Gasteiger partial charge in [0.05, 0.1) is 13.0 Å². The summed E-state index contributed by atoms with van der Waals surface area (Å²) in [5.74, 6) is -0.702. The highest BCUT2D eigenvalue weighted by Crippen LogP contribution is 2.17. The Morgan fingerprint density at radius 2 is 2.14 bits per heavy atom.